The van der Waals surface area contributed by atoms with E-state index in [4.69, 9.17) is 15.3 Å². The molecule has 0 aromatic carbocycles. The van der Waals surface area contributed by atoms with Crippen molar-refractivity contribution in [2.45, 2.75) is 32.1 Å². The number of aliphatic hydroxyl groups is 4. The molecule has 0 saturated carbocycles. The van der Waals surface area contributed by atoms with Crippen molar-refractivity contribution in [3.05, 3.63) is 0 Å². The van der Waals surface area contributed by atoms with E-state index in [0.717, 1.165) is 4.90 Å². The third-order valence-corrected chi connectivity index (χ3v) is 1.96. The van der Waals surface area contributed by atoms with Crippen LogP contribution in [-0.4, -0.2) is 63.3 Å². The van der Waals surface area contributed by atoms with E-state index in [1.807, 2.05) is 0 Å². The van der Waals surface area contributed by atoms with Crippen molar-refractivity contribution in [1.29, 1.82) is 0 Å². The van der Waals surface area contributed by atoms with Gasteiger partial charge in [-0.1, -0.05) is 0 Å². The lowest BCUT2D eigenvalue weighted by Crippen LogP contribution is -2.46. The third-order valence-electron chi connectivity index (χ3n) is 1.96. The van der Waals surface area contributed by atoms with Crippen molar-refractivity contribution in [2.24, 2.45) is 0 Å². The van der Waals surface area contributed by atoms with Crippen molar-refractivity contribution < 1.29 is 25.2 Å². The second-order valence-electron chi connectivity index (χ2n) is 3.28. The Balaban J connectivity index is 4.29. The van der Waals surface area contributed by atoms with E-state index in [2.05, 4.69) is 0 Å². The third kappa shape index (κ3) is 5.08. The van der Waals surface area contributed by atoms with Crippen LogP contribution in [0.5, 0.6) is 0 Å². The van der Waals surface area contributed by atoms with Gasteiger partial charge < -0.3 is 25.3 Å². The first-order valence-electron chi connectivity index (χ1n) is 4.93. The quantitative estimate of drug-likeness (QED) is 0.383. The van der Waals surface area contributed by atoms with Crippen molar-refractivity contribution in [3.63, 3.8) is 0 Å². The molecule has 6 nitrogen and oxygen atoms in total. The van der Waals surface area contributed by atoms with Gasteiger partial charge in [-0.2, -0.15) is 0 Å². The SMILES string of the molecule is CC(O)C(=O)N(CCO)C(O)CCCO. The van der Waals surface area contributed by atoms with E-state index in [1.54, 1.807) is 0 Å². The summed E-state index contributed by atoms with van der Waals surface area (Å²) in [6.07, 6.45) is -1.71. The summed E-state index contributed by atoms with van der Waals surface area (Å²) in [5, 5.41) is 35.9. The molecule has 4 N–H and O–H groups in total. The number of hydrogen-bond acceptors (Lipinski definition) is 5. The number of nitrogens with zero attached hydrogens (tertiary/aromatic N) is 1. The zero-order chi connectivity index (χ0) is 11.8. The van der Waals surface area contributed by atoms with Gasteiger partial charge >= 0.3 is 0 Å². The average molecular weight is 221 g/mol. The first-order chi connectivity index (χ1) is 7.04. The average Bonchev–Trinajstić information content (AvgIpc) is 2.21. The van der Waals surface area contributed by atoms with Crippen molar-refractivity contribution in [3.8, 4) is 0 Å². The molecule has 0 aromatic rings. The summed E-state index contributed by atoms with van der Waals surface area (Å²) in [7, 11) is 0. The minimum atomic E-state index is -1.21. The van der Waals surface area contributed by atoms with Gasteiger partial charge in [0.2, 0.25) is 0 Å². The highest BCUT2D eigenvalue weighted by molar-refractivity contribution is 5.80. The Morgan fingerprint density at radius 1 is 1.27 bits per heavy atom. The summed E-state index contributed by atoms with van der Waals surface area (Å²) in [5.74, 6) is -0.630. The standard InChI is InChI=1S/C9H19NO5/c1-7(13)9(15)10(4-6-12)8(14)3-2-5-11/h7-8,11-14H,2-6H2,1H3. The number of rotatable bonds is 7. The highest BCUT2D eigenvalue weighted by Crippen LogP contribution is 2.06. The fourth-order valence-electron chi connectivity index (χ4n) is 1.18. The molecule has 0 rings (SSSR count). The predicted octanol–water partition coefficient (Wildman–Crippen LogP) is -1.72. The van der Waals surface area contributed by atoms with Crippen LogP contribution < -0.4 is 0 Å². The minimum Gasteiger partial charge on any atom is -0.396 e. The highest BCUT2D eigenvalue weighted by atomic mass is 16.3. The van der Waals surface area contributed by atoms with Gasteiger partial charge in [0.15, 0.2) is 0 Å². The van der Waals surface area contributed by atoms with Crippen molar-refractivity contribution >= 4 is 5.91 Å². The van der Waals surface area contributed by atoms with Gasteiger partial charge in [-0.25, -0.2) is 0 Å². The van der Waals surface area contributed by atoms with Crippen LogP contribution in [-0.2, 0) is 4.79 Å². The Bertz CT molecular complexity index is 185. The van der Waals surface area contributed by atoms with Gasteiger partial charge in [0, 0.05) is 13.2 Å². The Morgan fingerprint density at radius 2 is 1.87 bits per heavy atom. The molecule has 0 saturated heterocycles. The summed E-state index contributed by atoms with van der Waals surface area (Å²) in [6, 6.07) is 0. The predicted molar refractivity (Wildman–Crippen MR) is 52.8 cm³/mol. The maximum Gasteiger partial charge on any atom is 0.253 e. The zero-order valence-corrected chi connectivity index (χ0v) is 8.83. The first-order valence-corrected chi connectivity index (χ1v) is 4.93. The molecule has 15 heavy (non-hydrogen) atoms. The van der Waals surface area contributed by atoms with Crippen LogP contribution in [0.2, 0.25) is 0 Å². The summed E-state index contributed by atoms with van der Waals surface area (Å²) in [4.78, 5) is 12.4. The van der Waals surface area contributed by atoms with Crippen molar-refractivity contribution in [2.75, 3.05) is 19.8 Å². The molecule has 0 aliphatic rings. The highest BCUT2D eigenvalue weighted by Gasteiger charge is 2.23. The number of carbonyl (C=O) groups is 1. The summed E-state index contributed by atoms with van der Waals surface area (Å²) in [5.41, 5.74) is 0. The number of amides is 1. The Labute approximate surface area is 88.8 Å². The molecular formula is C9H19NO5. The van der Waals surface area contributed by atoms with Crippen LogP contribution in [0.15, 0.2) is 0 Å². The lowest BCUT2D eigenvalue weighted by atomic mass is 10.2. The zero-order valence-electron chi connectivity index (χ0n) is 8.83. The molecular weight excluding hydrogens is 202 g/mol. The molecule has 0 bridgehead atoms. The van der Waals surface area contributed by atoms with Gasteiger partial charge in [-0.05, 0) is 19.8 Å². The van der Waals surface area contributed by atoms with E-state index in [9.17, 15) is 9.90 Å². The van der Waals surface area contributed by atoms with Crippen LogP contribution in [0.4, 0.5) is 0 Å². The normalized spacial score (nSPS) is 14.7. The molecule has 0 fully saturated rings. The first kappa shape index (κ1) is 14.3. The second kappa shape index (κ2) is 7.58. The lowest BCUT2D eigenvalue weighted by molar-refractivity contribution is -0.151. The summed E-state index contributed by atoms with van der Waals surface area (Å²) < 4.78 is 0. The molecule has 90 valence electrons. The Morgan fingerprint density at radius 3 is 2.27 bits per heavy atom. The maximum absolute atomic E-state index is 11.4. The second-order valence-corrected chi connectivity index (χ2v) is 3.28. The monoisotopic (exact) mass is 221 g/mol. The minimum absolute atomic E-state index is 0.0314. The van der Waals surface area contributed by atoms with Gasteiger partial charge in [0.1, 0.15) is 12.3 Å². The Hall–Kier alpha value is -0.690. The van der Waals surface area contributed by atoms with Crippen LogP contribution in [0, 0.1) is 0 Å². The van der Waals surface area contributed by atoms with E-state index >= 15 is 0 Å². The molecule has 2 unspecified atom stereocenters. The smallest absolute Gasteiger partial charge is 0.253 e. The largest absolute Gasteiger partial charge is 0.396 e. The molecule has 0 aromatic heterocycles. The van der Waals surface area contributed by atoms with Gasteiger partial charge in [-0.3, -0.25) is 4.79 Å². The molecule has 2 atom stereocenters. The molecule has 6 heteroatoms. The molecule has 0 aliphatic carbocycles. The summed E-state index contributed by atoms with van der Waals surface area (Å²) in [6.45, 7) is 0.906. The molecule has 1 amide bonds. The van der Waals surface area contributed by atoms with E-state index < -0.39 is 18.2 Å². The van der Waals surface area contributed by atoms with E-state index in [-0.39, 0.29) is 26.2 Å². The molecule has 0 aliphatic heterocycles. The van der Waals surface area contributed by atoms with Gasteiger partial charge in [-0.15, -0.1) is 0 Å². The topological polar surface area (TPSA) is 101 Å². The van der Waals surface area contributed by atoms with Crippen LogP contribution in [0.3, 0.4) is 0 Å². The van der Waals surface area contributed by atoms with Crippen molar-refractivity contribution in [1.82, 2.24) is 4.90 Å². The van der Waals surface area contributed by atoms with E-state index in [1.165, 1.54) is 6.92 Å². The molecule has 0 spiro atoms. The Kier molecular flexibility index (Phi) is 7.23. The van der Waals surface area contributed by atoms with E-state index in [0.29, 0.717) is 6.42 Å². The molecule has 0 heterocycles. The van der Waals surface area contributed by atoms with Crippen LogP contribution in [0.1, 0.15) is 19.8 Å². The van der Waals surface area contributed by atoms with Gasteiger partial charge in [0.25, 0.3) is 5.91 Å². The number of hydrogen-bond donors (Lipinski definition) is 4. The fourth-order valence-corrected chi connectivity index (χ4v) is 1.18. The van der Waals surface area contributed by atoms with Crippen LogP contribution >= 0.6 is 0 Å². The fraction of sp³-hybridized carbons (Fsp3) is 0.889. The molecule has 0 radical (unpaired) electrons. The lowest BCUT2D eigenvalue weighted by Gasteiger charge is -2.28. The number of carbonyl (C=O) groups excluding carboxylic acids is 1. The van der Waals surface area contributed by atoms with Gasteiger partial charge in [0.05, 0.1) is 6.61 Å². The summed E-state index contributed by atoms with van der Waals surface area (Å²) >= 11 is 0. The number of aliphatic hydroxyl groups excluding tert-OH is 4. The van der Waals surface area contributed by atoms with Crippen LogP contribution in [0.25, 0.3) is 0 Å². The maximum atomic E-state index is 11.4.